The average Bonchev–Trinajstić information content (AvgIpc) is 2.60. The van der Waals surface area contributed by atoms with Gasteiger partial charge in [0.05, 0.1) is 0 Å². The normalized spacial score (nSPS) is 12.5. The predicted molar refractivity (Wildman–Crippen MR) is 113 cm³/mol. The van der Waals surface area contributed by atoms with Crippen molar-refractivity contribution in [3.63, 3.8) is 0 Å². The molecule has 0 fully saturated rings. The number of nitrogens with one attached hydrogen (secondary N) is 2. The average molecular weight is 423 g/mol. The molecule has 0 radical (unpaired) electrons. The number of esters is 1. The Kier molecular flexibility index (Phi) is 9.62. The van der Waals surface area contributed by atoms with Crippen LogP contribution in [0.15, 0.2) is 30.3 Å². The van der Waals surface area contributed by atoms with Gasteiger partial charge in [-0.15, -0.1) is 0 Å². The van der Waals surface area contributed by atoms with E-state index < -0.39 is 35.4 Å². The molecule has 1 rings (SSSR count). The van der Waals surface area contributed by atoms with Crippen LogP contribution in [0.3, 0.4) is 0 Å². The quantitative estimate of drug-likeness (QED) is 0.374. The van der Waals surface area contributed by atoms with Gasteiger partial charge >= 0.3 is 18.2 Å². The minimum Gasteiger partial charge on any atom is -0.458 e. The molecule has 0 spiro atoms. The van der Waals surface area contributed by atoms with E-state index in [9.17, 15) is 14.4 Å². The zero-order chi connectivity index (χ0) is 22.8. The molecule has 2 N–H and O–H groups in total. The van der Waals surface area contributed by atoms with Crippen molar-refractivity contribution in [1.82, 2.24) is 10.6 Å². The van der Waals surface area contributed by atoms with E-state index in [2.05, 4.69) is 10.6 Å². The first-order valence-electron chi connectivity index (χ1n) is 10.0. The molecular formula is C22H34N2O6. The summed E-state index contributed by atoms with van der Waals surface area (Å²) >= 11 is 0. The van der Waals surface area contributed by atoms with Crippen molar-refractivity contribution < 1.29 is 28.6 Å². The molecule has 0 bridgehead atoms. The van der Waals surface area contributed by atoms with E-state index in [0.717, 1.165) is 5.56 Å². The summed E-state index contributed by atoms with van der Waals surface area (Å²) in [6, 6.07) is 8.33. The van der Waals surface area contributed by atoms with Crippen LogP contribution < -0.4 is 10.6 Å². The Morgan fingerprint density at radius 2 is 1.50 bits per heavy atom. The summed E-state index contributed by atoms with van der Waals surface area (Å²) in [4.78, 5) is 36.4. The van der Waals surface area contributed by atoms with Gasteiger partial charge in [-0.3, -0.25) is 0 Å². The fourth-order valence-corrected chi connectivity index (χ4v) is 2.34. The van der Waals surface area contributed by atoms with Crippen LogP contribution in [0.5, 0.6) is 0 Å². The predicted octanol–water partition coefficient (Wildman–Crippen LogP) is 3.93. The lowest BCUT2D eigenvalue weighted by molar-refractivity contribution is -0.157. The van der Waals surface area contributed by atoms with Crippen LogP contribution in [-0.4, -0.2) is 41.9 Å². The minimum absolute atomic E-state index is 0.0912. The summed E-state index contributed by atoms with van der Waals surface area (Å²) in [5.41, 5.74) is -0.449. The zero-order valence-electron chi connectivity index (χ0n) is 18.7. The molecule has 8 nitrogen and oxygen atoms in total. The van der Waals surface area contributed by atoms with Gasteiger partial charge in [0.1, 0.15) is 23.9 Å². The first-order valence-corrected chi connectivity index (χ1v) is 10.0. The van der Waals surface area contributed by atoms with Crippen molar-refractivity contribution in [3.05, 3.63) is 35.9 Å². The van der Waals surface area contributed by atoms with Crippen LogP contribution in [0.2, 0.25) is 0 Å². The van der Waals surface area contributed by atoms with Gasteiger partial charge in [0.15, 0.2) is 0 Å². The number of benzene rings is 1. The molecule has 1 aromatic rings. The van der Waals surface area contributed by atoms with Gasteiger partial charge in [-0.25, -0.2) is 14.4 Å². The summed E-state index contributed by atoms with van der Waals surface area (Å²) in [5.74, 6) is -0.559. The smallest absolute Gasteiger partial charge is 0.408 e. The van der Waals surface area contributed by atoms with Crippen molar-refractivity contribution in [2.75, 3.05) is 6.54 Å². The lowest BCUT2D eigenvalue weighted by Crippen LogP contribution is -2.44. The van der Waals surface area contributed by atoms with Gasteiger partial charge in [-0.2, -0.15) is 0 Å². The van der Waals surface area contributed by atoms with Crippen molar-refractivity contribution in [3.8, 4) is 0 Å². The van der Waals surface area contributed by atoms with Gasteiger partial charge < -0.3 is 24.8 Å². The van der Waals surface area contributed by atoms with Crippen molar-refractivity contribution in [2.24, 2.45) is 0 Å². The number of carbonyl (C=O) groups excluding carboxylic acids is 3. The van der Waals surface area contributed by atoms with Gasteiger partial charge in [0.2, 0.25) is 0 Å². The van der Waals surface area contributed by atoms with E-state index in [1.807, 2.05) is 30.3 Å². The number of hydrogen-bond acceptors (Lipinski definition) is 6. The molecule has 1 aromatic carbocycles. The topological polar surface area (TPSA) is 103 Å². The molecule has 0 saturated heterocycles. The molecule has 0 heterocycles. The highest BCUT2D eigenvalue weighted by Gasteiger charge is 2.27. The first-order chi connectivity index (χ1) is 13.9. The Morgan fingerprint density at radius 1 is 0.900 bits per heavy atom. The number of amides is 2. The second-order valence-electron chi connectivity index (χ2n) is 8.86. The number of ether oxygens (including phenoxy) is 3. The van der Waals surface area contributed by atoms with Crippen LogP contribution in [-0.2, 0) is 25.6 Å². The van der Waals surface area contributed by atoms with Gasteiger partial charge in [0, 0.05) is 6.54 Å². The molecule has 0 aliphatic rings. The highest BCUT2D eigenvalue weighted by Crippen LogP contribution is 2.11. The Bertz CT molecular complexity index is 692. The van der Waals surface area contributed by atoms with E-state index in [1.165, 1.54) is 0 Å². The number of rotatable bonds is 8. The Hall–Kier alpha value is -2.77. The molecule has 0 aliphatic carbocycles. The molecule has 8 heteroatoms. The third kappa shape index (κ3) is 11.9. The molecule has 168 valence electrons. The molecule has 1 unspecified atom stereocenters. The Labute approximate surface area is 178 Å². The monoisotopic (exact) mass is 422 g/mol. The zero-order valence-corrected chi connectivity index (χ0v) is 18.7. The van der Waals surface area contributed by atoms with Crippen molar-refractivity contribution in [1.29, 1.82) is 0 Å². The fraction of sp³-hybridized carbons (Fsp3) is 0.591. The summed E-state index contributed by atoms with van der Waals surface area (Å²) < 4.78 is 15.7. The summed E-state index contributed by atoms with van der Waals surface area (Å²) in [7, 11) is 0. The number of alkyl carbamates (subject to hydrolysis) is 2. The van der Waals surface area contributed by atoms with Crippen molar-refractivity contribution >= 4 is 18.2 Å². The summed E-state index contributed by atoms with van der Waals surface area (Å²) in [6.07, 6.45) is -0.547. The maximum Gasteiger partial charge on any atom is 0.408 e. The third-order valence-corrected chi connectivity index (χ3v) is 3.53. The largest absolute Gasteiger partial charge is 0.458 e. The number of hydrogen-bond donors (Lipinski definition) is 2. The molecule has 0 aromatic heterocycles. The molecule has 0 saturated carbocycles. The SMILES string of the molecule is CC(C)(C)OC(=O)NCCCC(NC(=O)OCc1ccccc1)C(=O)OC(C)(C)C. The molecule has 2 amide bonds. The van der Waals surface area contributed by atoms with Crippen LogP contribution in [0, 0.1) is 0 Å². The second kappa shape index (κ2) is 11.4. The number of carbonyl (C=O) groups is 3. The molecule has 30 heavy (non-hydrogen) atoms. The highest BCUT2D eigenvalue weighted by atomic mass is 16.6. The van der Waals surface area contributed by atoms with Gasteiger partial charge in [-0.1, -0.05) is 30.3 Å². The van der Waals surface area contributed by atoms with Crippen molar-refractivity contribution in [2.45, 2.75) is 78.2 Å². The maximum absolute atomic E-state index is 12.5. The van der Waals surface area contributed by atoms with Gasteiger partial charge in [0.25, 0.3) is 0 Å². The Balaban J connectivity index is 2.56. The fourth-order valence-electron chi connectivity index (χ4n) is 2.34. The van der Waals surface area contributed by atoms with Gasteiger partial charge in [-0.05, 0) is 59.9 Å². The van der Waals surface area contributed by atoms with Crippen LogP contribution in [0.25, 0.3) is 0 Å². The van der Waals surface area contributed by atoms with E-state index in [-0.39, 0.29) is 19.6 Å². The first kappa shape index (κ1) is 25.3. The maximum atomic E-state index is 12.5. The van der Waals surface area contributed by atoms with Crippen LogP contribution in [0.4, 0.5) is 9.59 Å². The lowest BCUT2D eigenvalue weighted by Gasteiger charge is -2.24. The molecule has 1 atom stereocenters. The van der Waals surface area contributed by atoms with Crippen LogP contribution >= 0.6 is 0 Å². The van der Waals surface area contributed by atoms with E-state index in [0.29, 0.717) is 6.42 Å². The van der Waals surface area contributed by atoms with E-state index in [4.69, 9.17) is 14.2 Å². The highest BCUT2D eigenvalue weighted by molar-refractivity contribution is 5.81. The molecule has 0 aliphatic heterocycles. The standard InChI is InChI=1S/C22H34N2O6/c1-21(2,3)29-18(25)17(13-10-14-23-19(26)30-22(4,5)6)24-20(27)28-15-16-11-8-7-9-12-16/h7-9,11-12,17H,10,13-15H2,1-6H3,(H,23,26)(H,24,27). The van der Waals surface area contributed by atoms with E-state index >= 15 is 0 Å². The second-order valence-corrected chi connectivity index (χ2v) is 8.86. The summed E-state index contributed by atoms with van der Waals surface area (Å²) in [5, 5.41) is 5.18. The lowest BCUT2D eigenvalue weighted by atomic mass is 10.1. The van der Waals surface area contributed by atoms with Crippen LogP contribution in [0.1, 0.15) is 59.9 Å². The van der Waals surface area contributed by atoms with E-state index in [1.54, 1.807) is 41.5 Å². The minimum atomic E-state index is -0.895. The molecular weight excluding hydrogens is 388 g/mol. The Morgan fingerprint density at radius 3 is 2.07 bits per heavy atom. The summed E-state index contributed by atoms with van der Waals surface area (Å²) in [6.45, 7) is 10.9. The third-order valence-electron chi connectivity index (χ3n) is 3.53.